The van der Waals surface area contributed by atoms with E-state index in [9.17, 15) is 0 Å². The van der Waals surface area contributed by atoms with Crippen LogP contribution in [0.1, 0.15) is 27.2 Å². The van der Waals surface area contributed by atoms with Crippen molar-refractivity contribution in [2.75, 3.05) is 0 Å². The lowest BCUT2D eigenvalue weighted by molar-refractivity contribution is 0.493. The third-order valence-electron chi connectivity index (χ3n) is 2.61. The van der Waals surface area contributed by atoms with Crippen LogP contribution in [0.4, 0.5) is 0 Å². The highest BCUT2D eigenvalue weighted by atomic mass is 14.4. The van der Waals surface area contributed by atoms with E-state index in [0.29, 0.717) is 0 Å². The fourth-order valence-electron chi connectivity index (χ4n) is 2.06. The molecule has 0 nitrogen and oxygen atoms in total. The van der Waals surface area contributed by atoms with E-state index in [2.05, 4.69) is 19.1 Å². The first-order valence-electron chi connectivity index (χ1n) is 3.54. The Balaban J connectivity index is 0.000000405. The van der Waals surface area contributed by atoms with Crippen LogP contribution in [0.3, 0.4) is 0 Å². The van der Waals surface area contributed by atoms with Gasteiger partial charge in [-0.2, -0.15) is 0 Å². The summed E-state index contributed by atoms with van der Waals surface area (Å²) in [4.78, 5) is 0. The molecule has 2 bridgehead atoms. The second kappa shape index (κ2) is 2.17. The molecule has 52 valence electrons. The lowest BCUT2D eigenvalue weighted by Gasteiger charge is -2.09. The van der Waals surface area contributed by atoms with E-state index < -0.39 is 0 Å². The molecule has 0 heterocycles. The van der Waals surface area contributed by atoms with Crippen molar-refractivity contribution in [3.05, 3.63) is 12.2 Å². The van der Waals surface area contributed by atoms with Gasteiger partial charge < -0.3 is 0 Å². The molecule has 9 heavy (non-hydrogen) atoms. The zero-order valence-corrected chi connectivity index (χ0v) is 5.30. The van der Waals surface area contributed by atoms with Crippen molar-refractivity contribution in [1.29, 1.82) is 0 Å². The summed E-state index contributed by atoms with van der Waals surface area (Å²) in [6.45, 7) is 2.37. The van der Waals surface area contributed by atoms with E-state index in [1.165, 1.54) is 12.8 Å². The Labute approximate surface area is 58.0 Å². The van der Waals surface area contributed by atoms with Crippen LogP contribution in [0.2, 0.25) is 0 Å². The summed E-state index contributed by atoms with van der Waals surface area (Å²) < 4.78 is 0. The van der Waals surface area contributed by atoms with Crippen LogP contribution in [0, 0.1) is 17.8 Å². The average molecular weight is 124 g/mol. The summed E-state index contributed by atoms with van der Waals surface area (Å²) in [5, 5.41) is 0. The smallest absolute Gasteiger partial charge is 0.0202 e. The molecule has 0 radical (unpaired) electrons. The van der Waals surface area contributed by atoms with Gasteiger partial charge in [0, 0.05) is 0 Å². The number of hydrogen-bond donors (Lipinski definition) is 0. The van der Waals surface area contributed by atoms with Crippen LogP contribution >= 0.6 is 0 Å². The molecule has 2 rings (SSSR count). The number of allylic oxidation sites excluding steroid dienone is 2. The molecule has 0 heteroatoms. The van der Waals surface area contributed by atoms with Crippen molar-refractivity contribution in [1.82, 2.24) is 0 Å². The van der Waals surface area contributed by atoms with Gasteiger partial charge in [-0.05, 0) is 30.6 Å². The van der Waals surface area contributed by atoms with E-state index in [1.54, 1.807) is 0 Å². The monoisotopic (exact) mass is 124 g/mol. The molecule has 0 saturated heterocycles. The topological polar surface area (TPSA) is 0 Å². The molecule has 0 amide bonds. The average Bonchev–Trinajstić information content (AvgIpc) is 2.23. The summed E-state index contributed by atoms with van der Waals surface area (Å²) >= 11 is 0. The predicted molar refractivity (Wildman–Crippen MR) is 41.2 cm³/mol. The van der Waals surface area contributed by atoms with E-state index in [4.69, 9.17) is 0 Å². The van der Waals surface area contributed by atoms with Gasteiger partial charge in [0.15, 0.2) is 0 Å². The Morgan fingerprint density at radius 1 is 1.22 bits per heavy atom. The molecule has 1 fully saturated rings. The maximum absolute atomic E-state index is 2.40. The normalized spacial score (nSPS) is 45.2. The van der Waals surface area contributed by atoms with Crippen molar-refractivity contribution in [3.63, 3.8) is 0 Å². The zero-order valence-electron chi connectivity index (χ0n) is 5.30. The maximum atomic E-state index is 2.40. The Hall–Kier alpha value is -0.260. The van der Waals surface area contributed by atoms with Gasteiger partial charge in [-0.25, -0.2) is 0 Å². The molecule has 2 aliphatic rings. The van der Waals surface area contributed by atoms with Gasteiger partial charge in [0.05, 0.1) is 0 Å². The van der Waals surface area contributed by atoms with Crippen molar-refractivity contribution in [3.8, 4) is 0 Å². The second-order valence-corrected chi connectivity index (χ2v) is 3.26. The van der Waals surface area contributed by atoms with Crippen molar-refractivity contribution >= 4 is 0 Å². The minimum absolute atomic E-state index is 0. The quantitative estimate of drug-likeness (QED) is 0.435. The van der Waals surface area contributed by atoms with Crippen molar-refractivity contribution in [2.45, 2.75) is 27.2 Å². The summed E-state index contributed by atoms with van der Waals surface area (Å²) in [6, 6.07) is 0. The molecular weight excluding hydrogens is 108 g/mol. The molecule has 2 aliphatic carbocycles. The van der Waals surface area contributed by atoms with Crippen LogP contribution in [-0.2, 0) is 0 Å². The summed E-state index contributed by atoms with van der Waals surface area (Å²) in [5.74, 6) is 2.92. The molecule has 1 unspecified atom stereocenters. The largest absolute Gasteiger partial charge is 0.0851 e. The summed E-state index contributed by atoms with van der Waals surface area (Å²) in [6.07, 6.45) is 7.71. The van der Waals surface area contributed by atoms with Crippen molar-refractivity contribution in [2.24, 2.45) is 17.8 Å². The molecule has 0 N–H and O–H groups in total. The summed E-state index contributed by atoms with van der Waals surface area (Å²) in [5.41, 5.74) is 0. The van der Waals surface area contributed by atoms with E-state index in [0.717, 1.165) is 17.8 Å². The van der Waals surface area contributed by atoms with Gasteiger partial charge in [-0.3, -0.25) is 0 Å². The highest BCUT2D eigenvalue weighted by Gasteiger charge is 2.32. The second-order valence-electron chi connectivity index (χ2n) is 3.26. The number of hydrogen-bond acceptors (Lipinski definition) is 0. The van der Waals surface area contributed by atoms with Gasteiger partial charge in [0.1, 0.15) is 0 Å². The highest BCUT2D eigenvalue weighted by molar-refractivity contribution is 5.08. The zero-order chi connectivity index (χ0) is 5.56. The maximum Gasteiger partial charge on any atom is -0.0202 e. The Kier molecular flexibility index (Phi) is 1.65. The SMILES string of the molecule is C.CC1C[C@H]2C=C[C@H]1C2. The molecule has 0 aromatic heterocycles. The van der Waals surface area contributed by atoms with Gasteiger partial charge in [-0.1, -0.05) is 26.5 Å². The van der Waals surface area contributed by atoms with E-state index in [1.807, 2.05) is 0 Å². The molecule has 0 aliphatic heterocycles. The Bertz CT molecular complexity index is 124. The molecular formula is C9H16. The van der Waals surface area contributed by atoms with Crippen LogP contribution in [0.15, 0.2) is 12.2 Å². The molecule has 1 saturated carbocycles. The number of rotatable bonds is 0. The van der Waals surface area contributed by atoms with Gasteiger partial charge in [-0.15, -0.1) is 0 Å². The van der Waals surface area contributed by atoms with Crippen LogP contribution in [0.25, 0.3) is 0 Å². The van der Waals surface area contributed by atoms with Gasteiger partial charge in [0.2, 0.25) is 0 Å². The van der Waals surface area contributed by atoms with E-state index >= 15 is 0 Å². The first-order chi connectivity index (χ1) is 3.86. The first kappa shape index (κ1) is 6.85. The molecule has 3 atom stereocenters. The standard InChI is InChI=1S/C8H12.CH4/c1-6-4-7-2-3-8(6)5-7;/h2-3,6-8H,4-5H2,1H3;1H4/t6?,7-,8+;/m1./s1. The molecule has 0 aromatic carbocycles. The fraction of sp³-hybridized carbons (Fsp3) is 0.778. The third-order valence-corrected chi connectivity index (χ3v) is 2.61. The highest BCUT2D eigenvalue weighted by Crippen LogP contribution is 2.42. The minimum atomic E-state index is 0. The van der Waals surface area contributed by atoms with Crippen LogP contribution in [-0.4, -0.2) is 0 Å². The lowest BCUT2D eigenvalue weighted by atomic mass is 9.96. The third kappa shape index (κ3) is 0.910. The Morgan fingerprint density at radius 2 is 2.00 bits per heavy atom. The van der Waals surface area contributed by atoms with E-state index in [-0.39, 0.29) is 7.43 Å². The Morgan fingerprint density at radius 3 is 2.22 bits per heavy atom. The predicted octanol–water partition coefficient (Wildman–Crippen LogP) is 2.85. The van der Waals surface area contributed by atoms with Gasteiger partial charge >= 0.3 is 0 Å². The molecule has 0 aromatic rings. The minimum Gasteiger partial charge on any atom is -0.0851 e. The van der Waals surface area contributed by atoms with Crippen molar-refractivity contribution < 1.29 is 0 Å². The fourth-order valence-corrected chi connectivity index (χ4v) is 2.06. The van der Waals surface area contributed by atoms with Crippen LogP contribution < -0.4 is 0 Å². The number of fused-ring (bicyclic) bond motifs is 2. The van der Waals surface area contributed by atoms with Crippen LogP contribution in [0.5, 0.6) is 0 Å². The lowest BCUT2D eigenvalue weighted by Crippen LogP contribution is -1.99. The first-order valence-corrected chi connectivity index (χ1v) is 3.54. The summed E-state index contributed by atoms with van der Waals surface area (Å²) in [7, 11) is 0. The molecule has 0 spiro atoms. The van der Waals surface area contributed by atoms with Gasteiger partial charge in [0.25, 0.3) is 0 Å².